The number of benzene rings is 1. The predicted molar refractivity (Wildman–Crippen MR) is 89.4 cm³/mol. The van der Waals surface area contributed by atoms with Crippen molar-refractivity contribution in [3.63, 3.8) is 0 Å². The lowest BCUT2D eigenvalue weighted by Gasteiger charge is -2.32. The first-order valence-corrected chi connectivity index (χ1v) is 8.14. The molecule has 1 aromatic carbocycles. The van der Waals surface area contributed by atoms with E-state index in [1.165, 1.54) is 0 Å². The van der Waals surface area contributed by atoms with Gasteiger partial charge in [0.25, 0.3) is 5.91 Å². The SMILES string of the molecule is Cc1c(C(=O)N2CCN(C)CC2)cnn1-c1ccc(Br)cc1. The summed E-state index contributed by atoms with van der Waals surface area (Å²) in [6, 6.07) is 7.90. The fraction of sp³-hybridized carbons (Fsp3) is 0.375. The van der Waals surface area contributed by atoms with Crippen LogP contribution >= 0.6 is 15.9 Å². The van der Waals surface area contributed by atoms with E-state index in [0.29, 0.717) is 5.56 Å². The molecule has 2 aromatic rings. The highest BCUT2D eigenvalue weighted by atomic mass is 79.9. The van der Waals surface area contributed by atoms with Gasteiger partial charge in [0.15, 0.2) is 0 Å². The second-order valence-electron chi connectivity index (χ2n) is 5.63. The molecule has 1 saturated heterocycles. The Morgan fingerprint density at radius 1 is 1.14 bits per heavy atom. The van der Waals surface area contributed by atoms with Gasteiger partial charge in [-0.3, -0.25) is 4.79 Å². The summed E-state index contributed by atoms with van der Waals surface area (Å²) in [7, 11) is 2.08. The summed E-state index contributed by atoms with van der Waals surface area (Å²) < 4.78 is 2.84. The summed E-state index contributed by atoms with van der Waals surface area (Å²) in [6.45, 7) is 5.34. The molecule has 0 atom stereocenters. The average molecular weight is 363 g/mol. The maximum absolute atomic E-state index is 12.7. The zero-order chi connectivity index (χ0) is 15.7. The van der Waals surface area contributed by atoms with Gasteiger partial charge in [0, 0.05) is 30.7 Å². The molecular weight excluding hydrogens is 344 g/mol. The molecule has 1 fully saturated rings. The van der Waals surface area contributed by atoms with Gasteiger partial charge in [0.2, 0.25) is 0 Å². The number of carbonyl (C=O) groups is 1. The molecule has 0 unspecified atom stereocenters. The summed E-state index contributed by atoms with van der Waals surface area (Å²) in [6.07, 6.45) is 1.68. The highest BCUT2D eigenvalue weighted by Crippen LogP contribution is 2.18. The number of aromatic nitrogens is 2. The third kappa shape index (κ3) is 2.94. The van der Waals surface area contributed by atoms with E-state index in [4.69, 9.17) is 0 Å². The van der Waals surface area contributed by atoms with E-state index in [2.05, 4.69) is 33.0 Å². The van der Waals surface area contributed by atoms with E-state index in [1.807, 2.05) is 40.8 Å². The van der Waals surface area contributed by atoms with Crippen LogP contribution in [0.3, 0.4) is 0 Å². The van der Waals surface area contributed by atoms with Crippen molar-refractivity contribution < 1.29 is 4.79 Å². The van der Waals surface area contributed by atoms with Crippen LogP contribution in [0.1, 0.15) is 16.1 Å². The highest BCUT2D eigenvalue weighted by molar-refractivity contribution is 9.10. The predicted octanol–water partition coefficient (Wildman–Crippen LogP) is 2.33. The highest BCUT2D eigenvalue weighted by Gasteiger charge is 2.23. The van der Waals surface area contributed by atoms with Gasteiger partial charge >= 0.3 is 0 Å². The molecule has 1 aromatic heterocycles. The third-order valence-electron chi connectivity index (χ3n) is 4.10. The first kappa shape index (κ1) is 15.2. The number of halogens is 1. The van der Waals surface area contributed by atoms with Gasteiger partial charge in [-0.15, -0.1) is 0 Å². The Morgan fingerprint density at radius 2 is 1.77 bits per heavy atom. The molecule has 2 heterocycles. The van der Waals surface area contributed by atoms with Crippen molar-refractivity contribution in [1.29, 1.82) is 0 Å². The van der Waals surface area contributed by atoms with Gasteiger partial charge in [-0.05, 0) is 38.2 Å². The smallest absolute Gasteiger partial charge is 0.257 e. The summed E-state index contributed by atoms with van der Waals surface area (Å²) in [4.78, 5) is 16.8. The molecule has 22 heavy (non-hydrogen) atoms. The van der Waals surface area contributed by atoms with Gasteiger partial charge in [-0.1, -0.05) is 15.9 Å². The summed E-state index contributed by atoms with van der Waals surface area (Å²) >= 11 is 3.43. The number of likely N-dealkylation sites (N-methyl/N-ethyl adjacent to an activating group) is 1. The molecule has 116 valence electrons. The molecule has 0 N–H and O–H groups in total. The van der Waals surface area contributed by atoms with Crippen molar-refractivity contribution in [2.24, 2.45) is 0 Å². The molecule has 6 heteroatoms. The van der Waals surface area contributed by atoms with Crippen LogP contribution in [0.2, 0.25) is 0 Å². The lowest BCUT2D eigenvalue weighted by molar-refractivity contribution is 0.0663. The minimum Gasteiger partial charge on any atom is -0.336 e. The third-order valence-corrected chi connectivity index (χ3v) is 4.63. The Labute approximate surface area is 138 Å². The number of rotatable bonds is 2. The number of amides is 1. The molecule has 0 saturated carbocycles. The number of hydrogen-bond donors (Lipinski definition) is 0. The van der Waals surface area contributed by atoms with Crippen molar-refractivity contribution in [2.75, 3.05) is 33.2 Å². The molecule has 0 aliphatic carbocycles. The summed E-state index contributed by atoms with van der Waals surface area (Å²) in [5.41, 5.74) is 2.52. The van der Waals surface area contributed by atoms with Crippen molar-refractivity contribution in [3.05, 3.63) is 46.2 Å². The topological polar surface area (TPSA) is 41.4 Å². The van der Waals surface area contributed by atoms with Crippen LogP contribution in [-0.2, 0) is 0 Å². The normalized spacial score (nSPS) is 16.0. The first-order chi connectivity index (χ1) is 10.6. The molecule has 5 nitrogen and oxygen atoms in total. The molecule has 0 spiro atoms. The fourth-order valence-corrected chi connectivity index (χ4v) is 2.91. The first-order valence-electron chi connectivity index (χ1n) is 7.34. The van der Waals surface area contributed by atoms with Crippen molar-refractivity contribution in [2.45, 2.75) is 6.92 Å². The van der Waals surface area contributed by atoms with E-state index >= 15 is 0 Å². The number of carbonyl (C=O) groups excluding carboxylic acids is 1. The van der Waals surface area contributed by atoms with E-state index in [9.17, 15) is 4.79 Å². The maximum Gasteiger partial charge on any atom is 0.257 e. The average Bonchev–Trinajstić information content (AvgIpc) is 2.90. The van der Waals surface area contributed by atoms with Crippen LogP contribution in [0.25, 0.3) is 5.69 Å². The molecule has 0 bridgehead atoms. The van der Waals surface area contributed by atoms with E-state index in [1.54, 1.807) is 6.20 Å². The lowest BCUT2D eigenvalue weighted by atomic mass is 10.2. The van der Waals surface area contributed by atoms with Crippen LogP contribution in [-0.4, -0.2) is 58.7 Å². The van der Waals surface area contributed by atoms with Gasteiger partial charge in [-0.2, -0.15) is 5.10 Å². The Kier molecular flexibility index (Phi) is 4.31. The second-order valence-corrected chi connectivity index (χ2v) is 6.54. The Bertz CT molecular complexity index is 672. The number of hydrogen-bond acceptors (Lipinski definition) is 3. The van der Waals surface area contributed by atoms with Crippen molar-refractivity contribution in [1.82, 2.24) is 19.6 Å². The van der Waals surface area contributed by atoms with E-state index in [-0.39, 0.29) is 5.91 Å². The quantitative estimate of drug-likeness (QED) is 0.823. The molecular formula is C16H19BrN4O. The van der Waals surface area contributed by atoms with E-state index in [0.717, 1.165) is 42.0 Å². The molecule has 0 radical (unpaired) electrons. The second kappa shape index (κ2) is 6.22. The molecule has 3 rings (SSSR count). The minimum atomic E-state index is 0.0777. The fourth-order valence-electron chi connectivity index (χ4n) is 2.64. The standard InChI is InChI=1S/C16H19BrN4O/c1-12-15(16(22)20-9-7-19(2)8-10-20)11-18-21(12)14-5-3-13(17)4-6-14/h3-6,11H,7-10H2,1-2H3. The van der Waals surface area contributed by atoms with Crippen LogP contribution in [0.15, 0.2) is 34.9 Å². The zero-order valence-corrected chi connectivity index (χ0v) is 14.4. The number of nitrogens with zero attached hydrogens (tertiary/aromatic N) is 4. The summed E-state index contributed by atoms with van der Waals surface area (Å²) in [5.74, 6) is 0.0777. The number of piperazine rings is 1. The van der Waals surface area contributed by atoms with Crippen LogP contribution < -0.4 is 0 Å². The van der Waals surface area contributed by atoms with Crippen molar-refractivity contribution in [3.8, 4) is 5.69 Å². The lowest BCUT2D eigenvalue weighted by Crippen LogP contribution is -2.47. The monoisotopic (exact) mass is 362 g/mol. The Hall–Kier alpha value is -1.66. The van der Waals surface area contributed by atoms with Crippen molar-refractivity contribution >= 4 is 21.8 Å². The Morgan fingerprint density at radius 3 is 2.41 bits per heavy atom. The molecule has 1 amide bonds. The van der Waals surface area contributed by atoms with Gasteiger partial charge in [0.1, 0.15) is 0 Å². The maximum atomic E-state index is 12.7. The Balaban J connectivity index is 1.84. The minimum absolute atomic E-state index is 0.0777. The van der Waals surface area contributed by atoms with Crippen LogP contribution in [0, 0.1) is 6.92 Å². The van der Waals surface area contributed by atoms with E-state index < -0.39 is 0 Å². The van der Waals surface area contributed by atoms with Crippen LogP contribution in [0.5, 0.6) is 0 Å². The largest absolute Gasteiger partial charge is 0.336 e. The summed E-state index contributed by atoms with van der Waals surface area (Å²) in [5, 5.41) is 4.39. The van der Waals surface area contributed by atoms with Gasteiger partial charge in [0.05, 0.1) is 23.1 Å². The molecule has 1 aliphatic heterocycles. The van der Waals surface area contributed by atoms with Gasteiger partial charge < -0.3 is 9.80 Å². The zero-order valence-electron chi connectivity index (χ0n) is 12.8. The van der Waals surface area contributed by atoms with Crippen LogP contribution in [0.4, 0.5) is 0 Å². The molecule has 1 aliphatic rings. The van der Waals surface area contributed by atoms with Gasteiger partial charge in [-0.25, -0.2) is 4.68 Å².